The smallest absolute Gasteiger partial charge is 0.202 e. The number of fused-ring (bicyclic) bond motifs is 1. The van der Waals surface area contributed by atoms with E-state index in [1.165, 1.54) is 0 Å². The van der Waals surface area contributed by atoms with Gasteiger partial charge in [-0.2, -0.15) is 11.8 Å². The molecule has 0 fully saturated rings. The summed E-state index contributed by atoms with van der Waals surface area (Å²) in [5, 5.41) is 0.585. The van der Waals surface area contributed by atoms with Gasteiger partial charge in [-0.25, -0.2) is 9.97 Å². The summed E-state index contributed by atoms with van der Waals surface area (Å²) < 4.78 is 1.99. The third kappa shape index (κ3) is 2.72. The SMILES string of the molecule is CCSCCC(C)n1c(N)nc2cc(Cl)cnc21. The van der Waals surface area contributed by atoms with E-state index in [-0.39, 0.29) is 0 Å². The van der Waals surface area contributed by atoms with Crippen molar-refractivity contribution in [2.24, 2.45) is 0 Å². The molecule has 0 bridgehead atoms. The van der Waals surface area contributed by atoms with Crippen LogP contribution in [0.25, 0.3) is 11.2 Å². The van der Waals surface area contributed by atoms with Crippen molar-refractivity contribution in [3.8, 4) is 0 Å². The van der Waals surface area contributed by atoms with E-state index < -0.39 is 0 Å². The van der Waals surface area contributed by atoms with Crippen LogP contribution in [-0.4, -0.2) is 26.0 Å². The van der Waals surface area contributed by atoms with E-state index in [1.54, 1.807) is 12.3 Å². The largest absolute Gasteiger partial charge is 0.369 e. The van der Waals surface area contributed by atoms with Crippen molar-refractivity contribution in [2.75, 3.05) is 17.2 Å². The Hall–Kier alpha value is -0.940. The predicted molar refractivity (Wildman–Crippen MR) is 79.3 cm³/mol. The highest BCUT2D eigenvalue weighted by Gasteiger charge is 2.15. The summed E-state index contributed by atoms with van der Waals surface area (Å²) in [4.78, 5) is 8.64. The normalized spacial score (nSPS) is 13.1. The Kier molecular flexibility index (Phi) is 4.35. The minimum atomic E-state index is 0.294. The Bertz CT molecular complexity index is 540. The van der Waals surface area contributed by atoms with Gasteiger partial charge in [0, 0.05) is 12.2 Å². The molecule has 2 N–H and O–H groups in total. The number of halogens is 1. The fraction of sp³-hybridized carbons (Fsp3) is 0.500. The predicted octanol–water partition coefficient (Wildman–Crippen LogP) is 3.37. The van der Waals surface area contributed by atoms with Crippen LogP contribution in [0, 0.1) is 0 Å². The molecule has 0 aliphatic heterocycles. The molecule has 0 aliphatic carbocycles. The molecule has 0 saturated heterocycles. The van der Waals surface area contributed by atoms with Gasteiger partial charge in [-0.05, 0) is 30.9 Å². The van der Waals surface area contributed by atoms with Gasteiger partial charge in [0.15, 0.2) is 5.65 Å². The summed E-state index contributed by atoms with van der Waals surface area (Å²) in [5.41, 5.74) is 7.54. The zero-order chi connectivity index (χ0) is 13.1. The maximum absolute atomic E-state index is 5.97. The molecular weight excluding hydrogens is 268 g/mol. The fourth-order valence-electron chi connectivity index (χ4n) is 1.94. The van der Waals surface area contributed by atoms with Crippen molar-refractivity contribution in [3.63, 3.8) is 0 Å². The van der Waals surface area contributed by atoms with Crippen LogP contribution in [-0.2, 0) is 0 Å². The van der Waals surface area contributed by atoms with Crippen molar-refractivity contribution in [1.82, 2.24) is 14.5 Å². The standard InChI is InChI=1S/C12H17ClN4S/c1-3-18-5-4-8(2)17-11-10(16-12(17)14)6-9(13)7-15-11/h6-8H,3-5H2,1-2H3,(H2,14,16). The van der Waals surface area contributed by atoms with E-state index in [2.05, 4.69) is 23.8 Å². The van der Waals surface area contributed by atoms with Gasteiger partial charge in [0.1, 0.15) is 5.52 Å². The van der Waals surface area contributed by atoms with E-state index in [4.69, 9.17) is 17.3 Å². The first-order valence-corrected chi connectivity index (χ1v) is 7.53. The Balaban J connectivity index is 2.29. The molecule has 98 valence electrons. The minimum Gasteiger partial charge on any atom is -0.369 e. The fourth-order valence-corrected chi connectivity index (χ4v) is 2.89. The number of hydrogen-bond acceptors (Lipinski definition) is 4. The van der Waals surface area contributed by atoms with Crippen molar-refractivity contribution in [2.45, 2.75) is 26.3 Å². The van der Waals surface area contributed by atoms with E-state index in [1.807, 2.05) is 16.3 Å². The molecule has 2 heterocycles. The van der Waals surface area contributed by atoms with Crippen molar-refractivity contribution < 1.29 is 0 Å². The van der Waals surface area contributed by atoms with Gasteiger partial charge in [0.25, 0.3) is 0 Å². The minimum absolute atomic E-state index is 0.294. The number of imidazole rings is 1. The highest BCUT2D eigenvalue weighted by atomic mass is 35.5. The number of anilines is 1. The van der Waals surface area contributed by atoms with E-state index in [0.717, 1.165) is 29.1 Å². The summed E-state index contributed by atoms with van der Waals surface area (Å²) in [6.45, 7) is 4.31. The summed E-state index contributed by atoms with van der Waals surface area (Å²) in [6.07, 6.45) is 2.69. The van der Waals surface area contributed by atoms with Crippen LogP contribution < -0.4 is 5.73 Å². The number of nitrogens with zero attached hydrogens (tertiary/aromatic N) is 3. The van der Waals surface area contributed by atoms with Crippen molar-refractivity contribution >= 4 is 40.5 Å². The van der Waals surface area contributed by atoms with Crippen LogP contribution in [0.4, 0.5) is 5.95 Å². The lowest BCUT2D eigenvalue weighted by Crippen LogP contribution is -2.10. The quantitative estimate of drug-likeness (QED) is 0.855. The van der Waals surface area contributed by atoms with E-state index in [9.17, 15) is 0 Å². The molecule has 18 heavy (non-hydrogen) atoms. The van der Waals surface area contributed by atoms with Crippen LogP contribution in [0.1, 0.15) is 26.3 Å². The number of aromatic nitrogens is 3. The van der Waals surface area contributed by atoms with Gasteiger partial charge in [-0.3, -0.25) is 4.57 Å². The topological polar surface area (TPSA) is 56.7 Å². The monoisotopic (exact) mass is 284 g/mol. The number of pyridine rings is 1. The lowest BCUT2D eigenvalue weighted by atomic mass is 10.2. The van der Waals surface area contributed by atoms with Gasteiger partial charge in [-0.15, -0.1) is 0 Å². The molecule has 0 spiro atoms. The zero-order valence-electron chi connectivity index (χ0n) is 10.6. The molecule has 0 radical (unpaired) electrons. The molecule has 2 aromatic rings. The number of hydrogen-bond donors (Lipinski definition) is 1. The lowest BCUT2D eigenvalue weighted by Gasteiger charge is -2.14. The Morgan fingerprint density at radius 2 is 2.33 bits per heavy atom. The molecule has 6 heteroatoms. The second kappa shape index (κ2) is 5.80. The molecule has 1 unspecified atom stereocenters. The van der Waals surface area contributed by atoms with Crippen LogP contribution >= 0.6 is 23.4 Å². The first-order valence-electron chi connectivity index (χ1n) is 6.00. The first kappa shape index (κ1) is 13.5. The lowest BCUT2D eigenvalue weighted by molar-refractivity contribution is 0.552. The van der Waals surface area contributed by atoms with Gasteiger partial charge in [-0.1, -0.05) is 18.5 Å². The zero-order valence-corrected chi connectivity index (χ0v) is 12.1. The molecule has 2 aromatic heterocycles. The van der Waals surface area contributed by atoms with Crippen LogP contribution in [0.2, 0.25) is 5.02 Å². The maximum atomic E-state index is 5.97. The summed E-state index contributed by atoms with van der Waals surface area (Å²) >= 11 is 7.84. The van der Waals surface area contributed by atoms with Crippen molar-refractivity contribution in [1.29, 1.82) is 0 Å². The van der Waals surface area contributed by atoms with Crippen LogP contribution in [0.5, 0.6) is 0 Å². The van der Waals surface area contributed by atoms with Gasteiger partial charge in [0.2, 0.25) is 5.95 Å². The van der Waals surface area contributed by atoms with Crippen molar-refractivity contribution in [3.05, 3.63) is 17.3 Å². The Labute approximate surface area is 116 Å². The molecule has 4 nitrogen and oxygen atoms in total. The second-order valence-corrected chi connectivity index (χ2v) is 6.00. The Morgan fingerprint density at radius 3 is 3.06 bits per heavy atom. The molecule has 0 amide bonds. The highest BCUT2D eigenvalue weighted by Crippen LogP contribution is 2.25. The van der Waals surface area contributed by atoms with Crippen LogP contribution in [0.3, 0.4) is 0 Å². The molecule has 0 aliphatic rings. The third-order valence-corrected chi connectivity index (χ3v) is 3.99. The average Bonchev–Trinajstić information content (AvgIpc) is 2.64. The van der Waals surface area contributed by atoms with Gasteiger partial charge in [0.05, 0.1) is 5.02 Å². The summed E-state index contributed by atoms with van der Waals surface area (Å²) in [5.74, 6) is 2.76. The number of rotatable bonds is 5. The second-order valence-electron chi connectivity index (χ2n) is 4.17. The van der Waals surface area contributed by atoms with Gasteiger partial charge >= 0.3 is 0 Å². The molecule has 0 aromatic carbocycles. The average molecular weight is 285 g/mol. The first-order chi connectivity index (χ1) is 8.63. The molecule has 1 atom stereocenters. The van der Waals surface area contributed by atoms with Gasteiger partial charge < -0.3 is 5.73 Å². The molecule has 0 saturated carbocycles. The molecule has 2 rings (SSSR count). The van der Waals surface area contributed by atoms with E-state index in [0.29, 0.717) is 17.0 Å². The Morgan fingerprint density at radius 1 is 1.56 bits per heavy atom. The maximum Gasteiger partial charge on any atom is 0.202 e. The number of nitrogen functional groups attached to an aromatic ring is 1. The number of nitrogens with two attached hydrogens (primary N) is 1. The third-order valence-electron chi connectivity index (χ3n) is 2.85. The summed E-state index contributed by atoms with van der Waals surface area (Å²) in [6, 6.07) is 2.09. The van der Waals surface area contributed by atoms with Crippen LogP contribution in [0.15, 0.2) is 12.3 Å². The number of thioether (sulfide) groups is 1. The highest BCUT2D eigenvalue weighted by molar-refractivity contribution is 7.99. The molecular formula is C12H17ClN4S. The summed E-state index contributed by atoms with van der Waals surface area (Å²) in [7, 11) is 0. The van der Waals surface area contributed by atoms with E-state index >= 15 is 0 Å².